The van der Waals surface area contributed by atoms with Crippen molar-refractivity contribution in [1.82, 2.24) is 10.3 Å². The van der Waals surface area contributed by atoms with Gasteiger partial charge in [0.25, 0.3) is 0 Å². The molecular formula is C20H18BrN3S2. The van der Waals surface area contributed by atoms with Crippen LogP contribution in [0.25, 0.3) is 0 Å². The van der Waals surface area contributed by atoms with Crippen LogP contribution in [0, 0.1) is 13.8 Å². The zero-order chi connectivity index (χ0) is 18.3. The van der Waals surface area contributed by atoms with Crippen LogP contribution in [0.3, 0.4) is 0 Å². The Morgan fingerprint density at radius 1 is 1.15 bits per heavy atom. The number of nitrogens with one attached hydrogen (secondary N) is 1. The van der Waals surface area contributed by atoms with E-state index in [0.717, 1.165) is 21.0 Å². The average molecular weight is 444 g/mol. The first-order valence-electron chi connectivity index (χ1n) is 8.36. The molecule has 0 amide bonds. The molecule has 0 radical (unpaired) electrons. The minimum atomic E-state index is 0.0101. The van der Waals surface area contributed by atoms with Crippen molar-refractivity contribution in [3.05, 3.63) is 80.2 Å². The predicted molar refractivity (Wildman–Crippen MR) is 116 cm³/mol. The largest absolute Gasteiger partial charge is 0.351 e. The Bertz CT molecular complexity index is 955. The monoisotopic (exact) mass is 443 g/mol. The third kappa shape index (κ3) is 3.17. The summed E-state index contributed by atoms with van der Waals surface area (Å²) in [5.74, 6) is 0. The van der Waals surface area contributed by atoms with Crippen LogP contribution >= 0.6 is 39.5 Å². The number of rotatable bonds is 3. The minimum absolute atomic E-state index is 0.0101. The topological polar surface area (TPSA) is 28.2 Å². The first-order chi connectivity index (χ1) is 12.5. The maximum Gasteiger partial charge on any atom is 0.174 e. The molecule has 4 rings (SSSR count). The lowest BCUT2D eigenvalue weighted by molar-refractivity contribution is 0.575. The summed E-state index contributed by atoms with van der Waals surface area (Å²) in [5, 5.41) is 6.35. The van der Waals surface area contributed by atoms with Gasteiger partial charge in [-0.3, -0.25) is 4.98 Å². The lowest BCUT2D eigenvalue weighted by atomic mass is 10.0. The van der Waals surface area contributed by atoms with Crippen molar-refractivity contribution < 1.29 is 0 Å². The highest BCUT2D eigenvalue weighted by atomic mass is 79.9. The van der Waals surface area contributed by atoms with Crippen LogP contribution in [0.5, 0.6) is 0 Å². The molecule has 1 aliphatic rings. The van der Waals surface area contributed by atoms with Crippen molar-refractivity contribution in [2.45, 2.75) is 25.9 Å². The lowest BCUT2D eigenvalue weighted by Gasteiger charge is -2.27. The van der Waals surface area contributed by atoms with Gasteiger partial charge in [0.1, 0.15) is 0 Å². The van der Waals surface area contributed by atoms with Crippen LogP contribution in [0.4, 0.5) is 5.69 Å². The van der Waals surface area contributed by atoms with E-state index in [4.69, 9.17) is 12.2 Å². The fourth-order valence-electron chi connectivity index (χ4n) is 3.28. The number of thiophene rings is 1. The standard InChI is InChI=1S/C20H18BrN3S2/c1-12-6-7-15(9-13(12)2)24-19(17-10-14(21)11-26-17)18(23-20(24)25)16-5-3-4-8-22-16/h3-11,18-19H,1-2H3,(H,23,25)/t18-,19+/m1/s1. The smallest absolute Gasteiger partial charge is 0.174 e. The van der Waals surface area contributed by atoms with Crippen molar-refractivity contribution in [3.8, 4) is 0 Å². The maximum absolute atomic E-state index is 5.74. The van der Waals surface area contributed by atoms with Crippen molar-refractivity contribution in [1.29, 1.82) is 0 Å². The van der Waals surface area contributed by atoms with E-state index in [0.29, 0.717) is 0 Å². The normalized spacial score (nSPS) is 19.7. The van der Waals surface area contributed by atoms with Crippen molar-refractivity contribution >= 4 is 50.3 Å². The highest BCUT2D eigenvalue weighted by Crippen LogP contribution is 2.44. The summed E-state index contributed by atoms with van der Waals surface area (Å²) in [6, 6.07) is 14.8. The lowest BCUT2D eigenvalue weighted by Crippen LogP contribution is -2.29. The summed E-state index contributed by atoms with van der Waals surface area (Å²) in [7, 11) is 0. The molecule has 0 spiro atoms. The first kappa shape index (κ1) is 17.6. The van der Waals surface area contributed by atoms with Crippen molar-refractivity contribution in [2.24, 2.45) is 0 Å². The van der Waals surface area contributed by atoms with E-state index in [9.17, 15) is 0 Å². The fraction of sp³-hybridized carbons (Fsp3) is 0.200. The van der Waals surface area contributed by atoms with Gasteiger partial charge in [0, 0.05) is 26.6 Å². The Labute approximate surface area is 171 Å². The van der Waals surface area contributed by atoms with E-state index < -0.39 is 0 Å². The van der Waals surface area contributed by atoms with Gasteiger partial charge in [0.2, 0.25) is 0 Å². The van der Waals surface area contributed by atoms with E-state index in [1.165, 1.54) is 16.0 Å². The van der Waals surface area contributed by atoms with Crippen LogP contribution in [0.1, 0.15) is 33.8 Å². The third-order valence-electron chi connectivity index (χ3n) is 4.75. The number of anilines is 1. The van der Waals surface area contributed by atoms with Gasteiger partial charge in [0.05, 0.1) is 17.8 Å². The number of benzene rings is 1. The first-order valence-corrected chi connectivity index (χ1v) is 10.4. The molecule has 2 atom stereocenters. The molecule has 0 aliphatic carbocycles. The highest BCUT2D eigenvalue weighted by molar-refractivity contribution is 9.10. The number of pyridine rings is 1. The number of halogens is 1. The fourth-order valence-corrected chi connectivity index (χ4v) is 5.20. The van der Waals surface area contributed by atoms with E-state index in [1.54, 1.807) is 11.3 Å². The summed E-state index contributed by atoms with van der Waals surface area (Å²) >= 11 is 11.1. The Morgan fingerprint density at radius 3 is 2.65 bits per heavy atom. The molecule has 1 aliphatic heterocycles. The summed E-state index contributed by atoms with van der Waals surface area (Å²) in [6.45, 7) is 4.27. The van der Waals surface area contributed by atoms with E-state index >= 15 is 0 Å². The van der Waals surface area contributed by atoms with Gasteiger partial charge in [-0.15, -0.1) is 11.3 Å². The van der Waals surface area contributed by atoms with Crippen molar-refractivity contribution in [2.75, 3.05) is 4.90 Å². The van der Waals surface area contributed by atoms with Crippen LogP contribution in [-0.4, -0.2) is 10.1 Å². The zero-order valence-electron chi connectivity index (χ0n) is 14.4. The zero-order valence-corrected chi connectivity index (χ0v) is 17.7. The van der Waals surface area contributed by atoms with Crippen molar-refractivity contribution in [3.63, 3.8) is 0 Å². The van der Waals surface area contributed by atoms with E-state index in [-0.39, 0.29) is 12.1 Å². The Balaban J connectivity index is 1.83. The third-order valence-corrected chi connectivity index (χ3v) is 6.82. The van der Waals surface area contributed by atoms with E-state index in [2.05, 4.69) is 80.7 Å². The maximum atomic E-state index is 5.74. The molecule has 0 bridgehead atoms. The number of hydrogen-bond acceptors (Lipinski definition) is 3. The van der Waals surface area contributed by atoms with E-state index in [1.807, 2.05) is 18.3 Å². The summed E-state index contributed by atoms with van der Waals surface area (Å²) in [6.07, 6.45) is 1.83. The van der Waals surface area contributed by atoms with Gasteiger partial charge < -0.3 is 10.2 Å². The van der Waals surface area contributed by atoms with Crippen LogP contribution in [0.2, 0.25) is 0 Å². The average Bonchev–Trinajstić information content (AvgIpc) is 3.21. The molecule has 2 aromatic heterocycles. The molecule has 1 fully saturated rings. The molecule has 6 heteroatoms. The quantitative estimate of drug-likeness (QED) is 0.525. The number of nitrogens with zero attached hydrogens (tertiary/aromatic N) is 2. The number of thiocarbonyl (C=S) groups is 1. The van der Waals surface area contributed by atoms with Gasteiger partial charge in [-0.2, -0.15) is 0 Å². The molecule has 1 aromatic carbocycles. The SMILES string of the molecule is Cc1ccc(N2C(=S)N[C@H](c3ccccn3)[C@@H]2c2cc(Br)cs2)cc1C. The molecule has 26 heavy (non-hydrogen) atoms. The summed E-state index contributed by atoms with van der Waals surface area (Å²) in [4.78, 5) is 8.05. The second-order valence-corrected chi connectivity index (χ2v) is 8.68. The molecule has 3 heterocycles. The van der Waals surface area contributed by atoms with Crippen LogP contribution in [-0.2, 0) is 0 Å². The number of aromatic nitrogens is 1. The van der Waals surface area contributed by atoms with Gasteiger partial charge >= 0.3 is 0 Å². The number of aryl methyl sites for hydroxylation is 2. The van der Waals surface area contributed by atoms with Gasteiger partial charge in [-0.05, 0) is 83.5 Å². The molecular weight excluding hydrogens is 426 g/mol. The van der Waals surface area contributed by atoms with Crippen LogP contribution in [0.15, 0.2) is 58.5 Å². The molecule has 0 unspecified atom stereocenters. The summed E-state index contributed by atoms with van der Waals surface area (Å²) in [5.41, 5.74) is 4.65. The predicted octanol–water partition coefficient (Wildman–Crippen LogP) is 5.70. The second-order valence-electron chi connectivity index (χ2n) is 6.43. The van der Waals surface area contributed by atoms with Gasteiger partial charge in [-0.25, -0.2) is 0 Å². The van der Waals surface area contributed by atoms with Gasteiger partial charge in [-0.1, -0.05) is 12.1 Å². The van der Waals surface area contributed by atoms with Gasteiger partial charge in [0.15, 0.2) is 5.11 Å². The summed E-state index contributed by atoms with van der Waals surface area (Å²) < 4.78 is 1.09. The van der Waals surface area contributed by atoms with Crippen LogP contribution < -0.4 is 10.2 Å². The molecule has 1 saturated heterocycles. The molecule has 132 valence electrons. The minimum Gasteiger partial charge on any atom is -0.351 e. The molecule has 1 N–H and O–H groups in total. The molecule has 0 saturated carbocycles. The highest BCUT2D eigenvalue weighted by Gasteiger charge is 2.41. The Hall–Kier alpha value is -1.76. The molecule has 3 nitrogen and oxygen atoms in total. The Kier molecular flexibility index (Phi) is 4.82. The number of hydrogen-bond donors (Lipinski definition) is 1. The second kappa shape index (κ2) is 7.10. The molecule has 3 aromatic rings. The Morgan fingerprint density at radius 2 is 2.00 bits per heavy atom.